The Kier molecular flexibility index (Phi) is 4.23. The first-order valence-corrected chi connectivity index (χ1v) is 6.06. The third kappa shape index (κ3) is 3.61. The van der Waals surface area contributed by atoms with Crippen LogP contribution in [-0.4, -0.2) is 43.9 Å². The maximum Gasteiger partial charge on any atom is 0.121 e. The standard InChI is InChI=1S/C13H20N2O2/c1-11-10-16-7-5-15(11)6-8-17-13-4-2-3-12(14)9-13/h2-4,9,11H,5-8,10,14H2,1H3. The molecule has 1 fully saturated rings. The summed E-state index contributed by atoms with van der Waals surface area (Å²) < 4.78 is 11.1. The van der Waals surface area contributed by atoms with Gasteiger partial charge in [-0.3, -0.25) is 4.90 Å². The fraction of sp³-hybridized carbons (Fsp3) is 0.538. The molecule has 1 saturated heterocycles. The van der Waals surface area contributed by atoms with Gasteiger partial charge in [0, 0.05) is 30.9 Å². The van der Waals surface area contributed by atoms with Crippen LogP contribution in [-0.2, 0) is 4.74 Å². The summed E-state index contributed by atoms with van der Waals surface area (Å²) in [4.78, 5) is 2.38. The van der Waals surface area contributed by atoms with Gasteiger partial charge in [-0.15, -0.1) is 0 Å². The molecule has 4 heteroatoms. The summed E-state index contributed by atoms with van der Waals surface area (Å²) in [5.41, 5.74) is 6.43. The van der Waals surface area contributed by atoms with Crippen molar-refractivity contribution in [3.8, 4) is 5.75 Å². The number of anilines is 1. The van der Waals surface area contributed by atoms with Gasteiger partial charge in [0.05, 0.1) is 13.2 Å². The second-order valence-electron chi connectivity index (χ2n) is 4.38. The first kappa shape index (κ1) is 12.2. The monoisotopic (exact) mass is 236 g/mol. The van der Waals surface area contributed by atoms with Crippen LogP contribution < -0.4 is 10.5 Å². The lowest BCUT2D eigenvalue weighted by atomic mass is 10.2. The van der Waals surface area contributed by atoms with E-state index in [1.54, 1.807) is 0 Å². The van der Waals surface area contributed by atoms with E-state index in [1.807, 2.05) is 24.3 Å². The largest absolute Gasteiger partial charge is 0.492 e. The number of hydrogen-bond acceptors (Lipinski definition) is 4. The number of hydrogen-bond donors (Lipinski definition) is 1. The molecule has 1 aliphatic heterocycles. The molecule has 1 aliphatic rings. The van der Waals surface area contributed by atoms with E-state index in [-0.39, 0.29) is 0 Å². The van der Waals surface area contributed by atoms with Crippen molar-refractivity contribution in [2.75, 3.05) is 38.6 Å². The van der Waals surface area contributed by atoms with Gasteiger partial charge in [0.2, 0.25) is 0 Å². The average molecular weight is 236 g/mol. The molecule has 0 saturated carbocycles. The van der Waals surface area contributed by atoms with E-state index in [1.165, 1.54) is 0 Å². The predicted molar refractivity (Wildman–Crippen MR) is 68.2 cm³/mol. The molecule has 0 amide bonds. The lowest BCUT2D eigenvalue weighted by Gasteiger charge is -2.32. The number of nitrogens with two attached hydrogens (primary N) is 1. The van der Waals surface area contributed by atoms with Crippen molar-refractivity contribution < 1.29 is 9.47 Å². The van der Waals surface area contributed by atoms with Crippen LogP contribution in [0.2, 0.25) is 0 Å². The zero-order chi connectivity index (χ0) is 12.1. The van der Waals surface area contributed by atoms with E-state index in [4.69, 9.17) is 15.2 Å². The van der Waals surface area contributed by atoms with Gasteiger partial charge in [-0.25, -0.2) is 0 Å². The number of nitrogen functional groups attached to an aromatic ring is 1. The van der Waals surface area contributed by atoms with Crippen LogP contribution in [0.5, 0.6) is 5.75 Å². The zero-order valence-electron chi connectivity index (χ0n) is 10.3. The third-order valence-corrected chi connectivity index (χ3v) is 3.01. The SMILES string of the molecule is CC1COCCN1CCOc1cccc(N)c1. The van der Waals surface area contributed by atoms with E-state index in [0.717, 1.165) is 37.7 Å². The van der Waals surface area contributed by atoms with Gasteiger partial charge in [0.15, 0.2) is 0 Å². The maximum absolute atomic E-state index is 5.69. The van der Waals surface area contributed by atoms with E-state index in [9.17, 15) is 0 Å². The van der Waals surface area contributed by atoms with Crippen molar-refractivity contribution in [3.63, 3.8) is 0 Å². The van der Waals surface area contributed by atoms with Crippen LogP contribution >= 0.6 is 0 Å². The molecule has 0 spiro atoms. The Balaban J connectivity index is 1.75. The Morgan fingerprint density at radius 3 is 3.18 bits per heavy atom. The lowest BCUT2D eigenvalue weighted by Crippen LogP contribution is -2.45. The predicted octanol–water partition coefficient (Wildman–Crippen LogP) is 1.37. The Bertz CT molecular complexity index is 357. The van der Waals surface area contributed by atoms with Crippen molar-refractivity contribution in [2.45, 2.75) is 13.0 Å². The molecule has 1 atom stereocenters. The molecular weight excluding hydrogens is 216 g/mol. The minimum absolute atomic E-state index is 0.480. The number of rotatable bonds is 4. The lowest BCUT2D eigenvalue weighted by molar-refractivity contribution is -0.00514. The summed E-state index contributed by atoms with van der Waals surface area (Å²) in [5.74, 6) is 0.839. The Morgan fingerprint density at radius 2 is 2.41 bits per heavy atom. The van der Waals surface area contributed by atoms with Crippen LogP contribution in [0.15, 0.2) is 24.3 Å². The molecule has 4 nitrogen and oxygen atoms in total. The van der Waals surface area contributed by atoms with E-state index in [2.05, 4.69) is 11.8 Å². The topological polar surface area (TPSA) is 47.7 Å². The number of morpholine rings is 1. The highest BCUT2D eigenvalue weighted by atomic mass is 16.5. The molecule has 94 valence electrons. The minimum atomic E-state index is 0.480. The fourth-order valence-electron chi connectivity index (χ4n) is 1.98. The van der Waals surface area contributed by atoms with Gasteiger partial charge in [-0.1, -0.05) is 6.07 Å². The number of ether oxygens (including phenoxy) is 2. The van der Waals surface area contributed by atoms with E-state index >= 15 is 0 Å². The molecule has 1 heterocycles. The van der Waals surface area contributed by atoms with Gasteiger partial charge in [0.1, 0.15) is 12.4 Å². The maximum atomic E-state index is 5.69. The van der Waals surface area contributed by atoms with E-state index < -0.39 is 0 Å². The molecule has 1 aromatic carbocycles. The summed E-state index contributed by atoms with van der Waals surface area (Å²) in [6, 6.07) is 8.02. The van der Waals surface area contributed by atoms with Crippen molar-refractivity contribution in [1.29, 1.82) is 0 Å². The highest BCUT2D eigenvalue weighted by Gasteiger charge is 2.17. The quantitative estimate of drug-likeness (QED) is 0.802. The molecule has 1 unspecified atom stereocenters. The molecule has 0 aliphatic carbocycles. The van der Waals surface area contributed by atoms with Crippen LogP contribution in [0, 0.1) is 0 Å². The second kappa shape index (κ2) is 5.89. The van der Waals surface area contributed by atoms with Crippen LogP contribution in [0.1, 0.15) is 6.92 Å². The van der Waals surface area contributed by atoms with Gasteiger partial charge < -0.3 is 15.2 Å². The molecular formula is C13H20N2O2. The highest BCUT2D eigenvalue weighted by Crippen LogP contribution is 2.14. The van der Waals surface area contributed by atoms with Gasteiger partial charge >= 0.3 is 0 Å². The van der Waals surface area contributed by atoms with Crippen LogP contribution in [0.4, 0.5) is 5.69 Å². The second-order valence-corrected chi connectivity index (χ2v) is 4.38. The zero-order valence-corrected chi connectivity index (χ0v) is 10.3. The van der Waals surface area contributed by atoms with Gasteiger partial charge in [0.25, 0.3) is 0 Å². The Morgan fingerprint density at radius 1 is 1.53 bits per heavy atom. The summed E-state index contributed by atoms with van der Waals surface area (Å²) in [7, 11) is 0. The molecule has 0 bridgehead atoms. The first-order chi connectivity index (χ1) is 8.25. The van der Waals surface area contributed by atoms with Crippen molar-refractivity contribution in [3.05, 3.63) is 24.3 Å². The first-order valence-electron chi connectivity index (χ1n) is 6.06. The minimum Gasteiger partial charge on any atom is -0.492 e. The van der Waals surface area contributed by atoms with Crippen LogP contribution in [0.3, 0.4) is 0 Å². The molecule has 0 radical (unpaired) electrons. The molecule has 0 aromatic heterocycles. The Labute approximate surface area is 102 Å². The number of benzene rings is 1. The highest BCUT2D eigenvalue weighted by molar-refractivity contribution is 5.43. The normalized spacial score (nSPS) is 21.4. The van der Waals surface area contributed by atoms with Crippen LogP contribution in [0.25, 0.3) is 0 Å². The molecule has 2 N–H and O–H groups in total. The summed E-state index contributed by atoms with van der Waals surface area (Å²) in [5, 5.41) is 0. The summed E-state index contributed by atoms with van der Waals surface area (Å²) >= 11 is 0. The number of nitrogens with zero attached hydrogens (tertiary/aromatic N) is 1. The van der Waals surface area contributed by atoms with Crippen molar-refractivity contribution in [1.82, 2.24) is 4.90 Å². The van der Waals surface area contributed by atoms with Gasteiger partial charge in [-0.05, 0) is 19.1 Å². The van der Waals surface area contributed by atoms with Crippen molar-refractivity contribution >= 4 is 5.69 Å². The van der Waals surface area contributed by atoms with Crippen molar-refractivity contribution in [2.24, 2.45) is 0 Å². The fourth-order valence-corrected chi connectivity index (χ4v) is 1.98. The smallest absolute Gasteiger partial charge is 0.121 e. The molecule has 2 rings (SSSR count). The molecule has 17 heavy (non-hydrogen) atoms. The van der Waals surface area contributed by atoms with Gasteiger partial charge in [-0.2, -0.15) is 0 Å². The third-order valence-electron chi connectivity index (χ3n) is 3.01. The average Bonchev–Trinajstić information content (AvgIpc) is 2.32. The molecule has 1 aromatic rings. The van der Waals surface area contributed by atoms with E-state index in [0.29, 0.717) is 12.6 Å². The summed E-state index contributed by atoms with van der Waals surface area (Å²) in [6.45, 7) is 6.43. The summed E-state index contributed by atoms with van der Waals surface area (Å²) in [6.07, 6.45) is 0. The Hall–Kier alpha value is -1.26.